The lowest BCUT2D eigenvalue weighted by Gasteiger charge is -2.05. The van der Waals surface area contributed by atoms with Crippen LogP contribution in [-0.4, -0.2) is 20.5 Å². The minimum Gasteiger partial charge on any atom is -0.310 e. The largest absolute Gasteiger partial charge is 0.310 e. The molecule has 0 bridgehead atoms. The van der Waals surface area contributed by atoms with Crippen LogP contribution in [-0.2, 0) is 16.6 Å². The quantitative estimate of drug-likeness (QED) is 0.813. The second-order valence-corrected chi connectivity index (χ2v) is 9.46. The summed E-state index contributed by atoms with van der Waals surface area (Å²) in [5.41, 5.74) is 0. The highest BCUT2D eigenvalue weighted by atomic mass is 79.9. The highest BCUT2D eigenvalue weighted by Gasteiger charge is 2.37. The summed E-state index contributed by atoms with van der Waals surface area (Å²) >= 11 is 4.82. The van der Waals surface area contributed by atoms with Gasteiger partial charge in [-0.25, -0.2) is 13.1 Å². The smallest absolute Gasteiger partial charge is 0.242 e. The summed E-state index contributed by atoms with van der Waals surface area (Å²) in [5.74, 6) is 0.453. The number of hydrogen-bond donors (Lipinski definition) is 2. The van der Waals surface area contributed by atoms with Gasteiger partial charge in [-0.1, -0.05) is 20.8 Å². The van der Waals surface area contributed by atoms with Crippen LogP contribution in [0.2, 0.25) is 0 Å². The first-order valence-electron chi connectivity index (χ1n) is 6.33. The maximum atomic E-state index is 12.2. The molecule has 1 aliphatic rings. The summed E-state index contributed by atoms with van der Waals surface area (Å²) in [6.07, 6.45) is 0.933. The van der Waals surface area contributed by atoms with Gasteiger partial charge in [-0.2, -0.15) is 0 Å². The normalized spacial score (nSPS) is 23.0. The van der Waals surface area contributed by atoms with Crippen LogP contribution in [0.3, 0.4) is 0 Å². The summed E-state index contributed by atoms with van der Waals surface area (Å²) in [7, 11) is -3.39. The van der Waals surface area contributed by atoms with Crippen molar-refractivity contribution >= 4 is 37.3 Å². The Morgan fingerprint density at radius 2 is 2.16 bits per heavy atom. The number of sulfonamides is 1. The van der Waals surface area contributed by atoms with Gasteiger partial charge in [0, 0.05) is 23.5 Å². The molecule has 1 fully saturated rings. The van der Waals surface area contributed by atoms with Crippen LogP contribution in [0.5, 0.6) is 0 Å². The van der Waals surface area contributed by atoms with Crippen molar-refractivity contribution in [1.29, 1.82) is 0 Å². The standard InChI is InChI=1S/C12H19BrN2O2S2/c1-7(2)14-6-9-5-11(12(13)18-9)19(16,17)15-10-4-8(10)3/h5,7-8,10,14-15H,4,6H2,1-3H3. The fourth-order valence-corrected chi connectivity index (χ4v) is 5.71. The minimum atomic E-state index is -3.39. The molecule has 1 aromatic heterocycles. The summed E-state index contributed by atoms with van der Waals surface area (Å²) in [5, 5.41) is 3.29. The van der Waals surface area contributed by atoms with Crippen molar-refractivity contribution in [2.24, 2.45) is 5.92 Å². The highest BCUT2D eigenvalue weighted by molar-refractivity contribution is 9.11. The number of thiophene rings is 1. The molecule has 0 saturated heterocycles. The Labute approximate surface area is 127 Å². The Hall–Kier alpha value is 0.0500. The van der Waals surface area contributed by atoms with Crippen LogP contribution in [0.25, 0.3) is 0 Å². The molecule has 4 nitrogen and oxygen atoms in total. The van der Waals surface area contributed by atoms with Gasteiger partial charge in [-0.05, 0) is 34.3 Å². The Kier molecular flexibility index (Phi) is 4.72. The van der Waals surface area contributed by atoms with Crippen LogP contribution in [0.1, 0.15) is 32.1 Å². The van der Waals surface area contributed by atoms with Gasteiger partial charge in [0.1, 0.15) is 4.90 Å². The zero-order valence-electron chi connectivity index (χ0n) is 11.2. The summed E-state index contributed by atoms with van der Waals surface area (Å²) in [4.78, 5) is 1.38. The molecule has 2 unspecified atom stereocenters. The summed E-state index contributed by atoms with van der Waals surface area (Å²) in [6.45, 7) is 6.87. The molecular formula is C12H19BrN2O2S2. The van der Waals surface area contributed by atoms with Crippen molar-refractivity contribution in [3.8, 4) is 0 Å². The lowest BCUT2D eigenvalue weighted by Crippen LogP contribution is -2.26. The second-order valence-electron chi connectivity index (χ2n) is 5.33. The van der Waals surface area contributed by atoms with Crippen molar-refractivity contribution in [2.75, 3.05) is 0 Å². The van der Waals surface area contributed by atoms with Crippen molar-refractivity contribution in [3.63, 3.8) is 0 Å². The lowest BCUT2D eigenvalue weighted by molar-refractivity contribution is 0.577. The molecule has 2 rings (SSSR count). The van der Waals surface area contributed by atoms with Crippen molar-refractivity contribution in [3.05, 3.63) is 14.7 Å². The third-order valence-electron chi connectivity index (χ3n) is 3.10. The second kappa shape index (κ2) is 5.81. The van der Waals surface area contributed by atoms with E-state index in [0.717, 1.165) is 11.3 Å². The SMILES string of the molecule is CC(C)NCc1cc(S(=O)(=O)NC2CC2C)c(Br)s1. The zero-order valence-corrected chi connectivity index (χ0v) is 14.5. The third kappa shape index (κ3) is 4.01. The van der Waals surface area contributed by atoms with E-state index in [1.807, 2.05) is 6.92 Å². The third-order valence-corrected chi connectivity index (χ3v) is 6.84. The van der Waals surface area contributed by atoms with Gasteiger partial charge in [-0.15, -0.1) is 11.3 Å². The molecule has 1 saturated carbocycles. The van der Waals surface area contributed by atoms with E-state index in [0.29, 0.717) is 27.2 Å². The molecule has 19 heavy (non-hydrogen) atoms. The van der Waals surface area contributed by atoms with Crippen molar-refractivity contribution < 1.29 is 8.42 Å². The molecule has 0 aromatic carbocycles. The number of hydrogen-bond acceptors (Lipinski definition) is 4. The first-order chi connectivity index (χ1) is 8.79. The molecular weight excluding hydrogens is 348 g/mol. The van der Waals surface area contributed by atoms with Crippen LogP contribution < -0.4 is 10.0 Å². The van der Waals surface area contributed by atoms with Gasteiger partial charge in [0.2, 0.25) is 10.0 Å². The fraction of sp³-hybridized carbons (Fsp3) is 0.667. The van der Waals surface area contributed by atoms with Gasteiger partial charge < -0.3 is 5.32 Å². The van der Waals surface area contributed by atoms with Crippen LogP contribution in [0.4, 0.5) is 0 Å². The average molecular weight is 367 g/mol. The van der Waals surface area contributed by atoms with E-state index < -0.39 is 10.0 Å². The van der Waals surface area contributed by atoms with Gasteiger partial charge in [0.15, 0.2) is 0 Å². The Balaban J connectivity index is 2.11. The Bertz CT molecular complexity index is 554. The van der Waals surface area contributed by atoms with Gasteiger partial charge >= 0.3 is 0 Å². The molecule has 7 heteroatoms. The van der Waals surface area contributed by atoms with E-state index in [4.69, 9.17) is 0 Å². The fourth-order valence-electron chi connectivity index (χ4n) is 1.72. The molecule has 2 N–H and O–H groups in total. The van der Waals surface area contributed by atoms with Crippen molar-refractivity contribution in [1.82, 2.24) is 10.0 Å². The average Bonchev–Trinajstić information content (AvgIpc) is 2.82. The molecule has 0 aliphatic heterocycles. The van der Waals surface area contributed by atoms with E-state index in [1.165, 1.54) is 11.3 Å². The monoisotopic (exact) mass is 366 g/mol. The van der Waals surface area contributed by atoms with Crippen LogP contribution >= 0.6 is 27.3 Å². The molecule has 1 heterocycles. The summed E-state index contributed by atoms with van der Waals surface area (Å²) < 4.78 is 27.9. The molecule has 2 atom stereocenters. The van der Waals surface area contributed by atoms with E-state index in [9.17, 15) is 8.42 Å². The molecule has 0 amide bonds. The first-order valence-corrected chi connectivity index (χ1v) is 9.43. The van der Waals surface area contributed by atoms with Gasteiger partial charge in [0.25, 0.3) is 0 Å². The minimum absolute atomic E-state index is 0.106. The number of halogens is 1. The van der Waals surface area contributed by atoms with Crippen LogP contribution in [0, 0.1) is 5.92 Å². The molecule has 108 valence electrons. The Morgan fingerprint density at radius 3 is 2.68 bits per heavy atom. The lowest BCUT2D eigenvalue weighted by atomic mass is 10.4. The zero-order chi connectivity index (χ0) is 14.2. The predicted molar refractivity (Wildman–Crippen MR) is 81.9 cm³/mol. The van der Waals surface area contributed by atoms with E-state index in [-0.39, 0.29) is 6.04 Å². The maximum absolute atomic E-state index is 12.2. The first kappa shape index (κ1) is 15.4. The number of rotatable bonds is 6. The summed E-state index contributed by atoms with van der Waals surface area (Å²) in [6, 6.07) is 2.24. The predicted octanol–water partition coefficient (Wildman–Crippen LogP) is 2.70. The van der Waals surface area contributed by atoms with Crippen LogP contribution in [0.15, 0.2) is 14.7 Å². The van der Waals surface area contributed by atoms with Gasteiger partial charge in [0.05, 0.1) is 3.79 Å². The van der Waals surface area contributed by atoms with Crippen molar-refractivity contribution in [2.45, 2.75) is 50.7 Å². The molecule has 1 aliphatic carbocycles. The number of nitrogens with one attached hydrogen (secondary N) is 2. The molecule has 0 spiro atoms. The topological polar surface area (TPSA) is 58.2 Å². The van der Waals surface area contributed by atoms with E-state index in [2.05, 4.69) is 39.8 Å². The molecule has 1 aromatic rings. The van der Waals surface area contributed by atoms with E-state index >= 15 is 0 Å². The Morgan fingerprint density at radius 1 is 1.53 bits per heavy atom. The maximum Gasteiger partial charge on any atom is 0.242 e. The molecule has 0 radical (unpaired) electrons. The van der Waals surface area contributed by atoms with E-state index in [1.54, 1.807) is 6.07 Å². The van der Waals surface area contributed by atoms with Gasteiger partial charge in [-0.3, -0.25) is 0 Å². The highest BCUT2D eigenvalue weighted by Crippen LogP contribution is 2.35.